The van der Waals surface area contributed by atoms with Gasteiger partial charge in [-0.15, -0.1) is 11.3 Å². The maximum atomic E-state index is 9.01. The number of hydrogen-bond donors (Lipinski definition) is 0. The second-order valence-corrected chi connectivity index (χ2v) is 9.51. The number of rotatable bonds is 3. The van der Waals surface area contributed by atoms with Gasteiger partial charge in [-0.1, -0.05) is 6.07 Å². The van der Waals surface area contributed by atoms with E-state index < -0.39 is 0 Å². The third-order valence-electron chi connectivity index (χ3n) is 7.04. The Morgan fingerprint density at radius 2 is 1.83 bits per heavy atom. The lowest BCUT2D eigenvalue weighted by Gasteiger charge is -2.42. The molecule has 0 unspecified atom stereocenters. The zero-order chi connectivity index (χ0) is 19.8. The highest BCUT2D eigenvalue weighted by atomic mass is 32.1. The van der Waals surface area contributed by atoms with Gasteiger partial charge < -0.3 is 4.90 Å². The lowest BCUT2D eigenvalue weighted by Crippen LogP contribution is -2.42. The first-order chi connectivity index (χ1) is 14.2. The lowest BCUT2D eigenvalue weighted by atomic mass is 9.77. The number of piperidine rings is 1. The summed E-state index contributed by atoms with van der Waals surface area (Å²) in [5.74, 6) is 0. The maximum absolute atomic E-state index is 9.01. The third-order valence-corrected chi connectivity index (χ3v) is 7.85. The molecule has 3 aromatic rings. The highest BCUT2D eigenvalue weighted by Gasteiger charge is 2.41. The molecule has 29 heavy (non-hydrogen) atoms. The normalized spacial score (nSPS) is 20.2. The van der Waals surface area contributed by atoms with Gasteiger partial charge in [-0.2, -0.15) is 5.26 Å². The van der Waals surface area contributed by atoms with Crippen LogP contribution < -0.4 is 4.90 Å². The Morgan fingerprint density at radius 3 is 2.59 bits per heavy atom. The van der Waals surface area contributed by atoms with Gasteiger partial charge >= 0.3 is 0 Å². The van der Waals surface area contributed by atoms with Crippen LogP contribution in [-0.2, 0) is 0 Å². The number of aromatic nitrogens is 1. The minimum absolute atomic E-state index is 0.439. The van der Waals surface area contributed by atoms with Gasteiger partial charge in [0.15, 0.2) is 0 Å². The van der Waals surface area contributed by atoms with Gasteiger partial charge in [0.2, 0.25) is 0 Å². The van der Waals surface area contributed by atoms with Crippen LogP contribution in [0.15, 0.2) is 48.0 Å². The number of fused-ring (bicyclic) bond motifs is 1. The third kappa shape index (κ3) is 3.52. The molecule has 1 atom stereocenters. The van der Waals surface area contributed by atoms with Crippen LogP contribution in [-0.4, -0.2) is 36.1 Å². The van der Waals surface area contributed by atoms with Gasteiger partial charge in [-0.25, -0.2) is 4.98 Å². The first-order valence-electron chi connectivity index (χ1n) is 10.5. The molecule has 2 fully saturated rings. The summed E-state index contributed by atoms with van der Waals surface area (Å²) in [4.78, 5) is 9.64. The van der Waals surface area contributed by atoms with Gasteiger partial charge in [-0.3, -0.25) is 4.90 Å². The average molecular weight is 403 g/mol. The fourth-order valence-corrected chi connectivity index (χ4v) is 5.70. The summed E-state index contributed by atoms with van der Waals surface area (Å²) in [6, 6.07) is 17.5. The molecule has 2 aliphatic heterocycles. The fourth-order valence-electron chi connectivity index (χ4n) is 5.04. The quantitative estimate of drug-likeness (QED) is 0.602. The summed E-state index contributed by atoms with van der Waals surface area (Å²) in [6.45, 7) is 6.94. The second kappa shape index (κ2) is 7.44. The van der Waals surface area contributed by atoms with Crippen LogP contribution in [0.3, 0.4) is 0 Å². The zero-order valence-corrected chi connectivity index (χ0v) is 17.7. The van der Waals surface area contributed by atoms with Crippen molar-refractivity contribution >= 4 is 27.2 Å². The fraction of sp³-hybridized carbons (Fsp3) is 0.417. The summed E-state index contributed by atoms with van der Waals surface area (Å²) in [5.41, 5.74) is 6.88. The predicted molar refractivity (Wildman–Crippen MR) is 119 cm³/mol. The second-order valence-electron chi connectivity index (χ2n) is 8.62. The largest absolute Gasteiger partial charge is 0.371 e. The van der Waals surface area contributed by atoms with E-state index in [1.807, 2.05) is 17.6 Å². The average Bonchev–Trinajstić information content (AvgIpc) is 3.41. The number of likely N-dealkylation sites (tertiary alicyclic amines) is 1. The molecule has 0 amide bonds. The molecule has 2 saturated heterocycles. The first kappa shape index (κ1) is 18.6. The van der Waals surface area contributed by atoms with Crippen LogP contribution in [0.4, 0.5) is 5.69 Å². The number of hydrogen-bond acceptors (Lipinski definition) is 5. The van der Waals surface area contributed by atoms with Crippen LogP contribution in [0.25, 0.3) is 10.2 Å². The Kier molecular flexibility index (Phi) is 4.77. The molecule has 0 bridgehead atoms. The van der Waals surface area contributed by atoms with E-state index in [4.69, 9.17) is 5.26 Å². The van der Waals surface area contributed by atoms with Crippen molar-refractivity contribution < 1.29 is 0 Å². The molecule has 5 rings (SSSR count). The topological polar surface area (TPSA) is 43.2 Å². The number of thiazole rings is 1. The molecule has 1 spiro atoms. The molecule has 0 radical (unpaired) electrons. The van der Waals surface area contributed by atoms with Crippen molar-refractivity contribution in [3.8, 4) is 6.07 Å². The molecule has 3 heterocycles. The van der Waals surface area contributed by atoms with Crippen LogP contribution in [0.2, 0.25) is 0 Å². The van der Waals surface area contributed by atoms with Gasteiger partial charge in [0.05, 0.1) is 27.4 Å². The van der Waals surface area contributed by atoms with Crippen molar-refractivity contribution in [2.75, 3.05) is 31.1 Å². The van der Waals surface area contributed by atoms with Crippen molar-refractivity contribution in [3.63, 3.8) is 0 Å². The van der Waals surface area contributed by atoms with E-state index in [1.54, 1.807) is 11.3 Å². The summed E-state index contributed by atoms with van der Waals surface area (Å²) >= 11 is 1.71. The molecular weight excluding hydrogens is 376 g/mol. The molecule has 148 valence electrons. The van der Waals surface area contributed by atoms with Crippen molar-refractivity contribution in [3.05, 3.63) is 59.1 Å². The van der Waals surface area contributed by atoms with E-state index >= 15 is 0 Å². The molecular formula is C24H26N4S. The minimum atomic E-state index is 0.439. The van der Waals surface area contributed by atoms with E-state index in [0.717, 1.165) is 37.3 Å². The maximum Gasteiger partial charge on any atom is 0.0991 e. The molecule has 1 aromatic heterocycles. The highest BCUT2D eigenvalue weighted by molar-refractivity contribution is 7.16. The molecule has 2 aromatic carbocycles. The Labute approximate surface area is 176 Å². The first-order valence-corrected chi connectivity index (χ1v) is 11.4. The Balaban J connectivity index is 1.23. The summed E-state index contributed by atoms with van der Waals surface area (Å²) in [6.07, 6.45) is 3.81. The molecule has 4 nitrogen and oxygen atoms in total. The summed E-state index contributed by atoms with van der Waals surface area (Å²) < 4.78 is 1.27. The van der Waals surface area contributed by atoms with Crippen LogP contribution in [0, 0.1) is 16.7 Å². The number of nitriles is 1. The predicted octanol–water partition coefficient (Wildman–Crippen LogP) is 5.22. The van der Waals surface area contributed by atoms with Crippen LogP contribution in [0.1, 0.15) is 43.4 Å². The number of benzene rings is 2. The van der Waals surface area contributed by atoms with Gasteiger partial charge in [0, 0.05) is 24.8 Å². The number of anilines is 1. The Bertz CT molecular complexity index is 1040. The van der Waals surface area contributed by atoms with E-state index in [0.29, 0.717) is 11.5 Å². The molecule has 0 saturated carbocycles. The summed E-state index contributed by atoms with van der Waals surface area (Å²) in [5, 5.41) is 9.01. The molecule has 2 aliphatic rings. The monoisotopic (exact) mass is 402 g/mol. The Morgan fingerprint density at radius 1 is 1.07 bits per heavy atom. The molecule has 0 N–H and O–H groups in total. The van der Waals surface area contributed by atoms with E-state index in [2.05, 4.69) is 58.1 Å². The van der Waals surface area contributed by atoms with Crippen LogP contribution in [0.5, 0.6) is 0 Å². The smallest absolute Gasteiger partial charge is 0.0991 e. The van der Waals surface area contributed by atoms with Crippen LogP contribution >= 0.6 is 11.3 Å². The van der Waals surface area contributed by atoms with Crippen molar-refractivity contribution in [1.82, 2.24) is 9.88 Å². The minimum Gasteiger partial charge on any atom is -0.371 e. The van der Waals surface area contributed by atoms with E-state index in [9.17, 15) is 0 Å². The van der Waals surface area contributed by atoms with Crippen molar-refractivity contribution in [2.45, 2.75) is 32.2 Å². The summed E-state index contributed by atoms with van der Waals surface area (Å²) in [7, 11) is 0. The van der Waals surface area contributed by atoms with E-state index in [1.165, 1.54) is 35.2 Å². The number of nitrogens with zero attached hydrogens (tertiary/aromatic N) is 4. The lowest BCUT2D eigenvalue weighted by molar-refractivity contribution is 0.0908. The molecule has 5 heteroatoms. The van der Waals surface area contributed by atoms with Crippen molar-refractivity contribution in [2.24, 2.45) is 5.41 Å². The Hall–Kier alpha value is -2.42. The van der Waals surface area contributed by atoms with Gasteiger partial charge in [0.1, 0.15) is 0 Å². The zero-order valence-electron chi connectivity index (χ0n) is 16.8. The highest BCUT2D eigenvalue weighted by Crippen LogP contribution is 2.43. The van der Waals surface area contributed by atoms with Gasteiger partial charge in [-0.05, 0) is 86.7 Å². The SMILES string of the molecule is C[C@H](c1ccc2scnc2c1)N1CCC2(CCN(c3ccc(C#N)cc3)C2)CC1. The van der Waals surface area contributed by atoms with E-state index in [-0.39, 0.29) is 0 Å². The van der Waals surface area contributed by atoms with Gasteiger partial charge in [0.25, 0.3) is 0 Å². The molecule has 0 aliphatic carbocycles. The standard InChI is InChI=1S/C24H26N4S/c1-18(20-4-7-23-22(14-20)26-17-29-23)27-11-8-24(9-12-27)10-13-28(16-24)21-5-2-19(15-25)3-6-21/h2-7,14,17-18H,8-13,16H2,1H3/t18-/m1/s1. The van der Waals surface area contributed by atoms with Crippen molar-refractivity contribution in [1.29, 1.82) is 5.26 Å².